The van der Waals surface area contributed by atoms with Crippen molar-refractivity contribution in [2.24, 2.45) is 0 Å². The summed E-state index contributed by atoms with van der Waals surface area (Å²) < 4.78 is 0. The zero-order chi connectivity index (χ0) is 14.8. The van der Waals surface area contributed by atoms with E-state index in [2.05, 4.69) is 17.1 Å². The van der Waals surface area contributed by atoms with Crippen LogP contribution in [-0.2, 0) is 0 Å². The van der Waals surface area contributed by atoms with E-state index in [9.17, 15) is 9.59 Å². The molecule has 1 N–H and O–H groups in total. The number of nitrogens with one attached hydrogen (secondary N) is 1. The quantitative estimate of drug-likeness (QED) is 0.838. The highest BCUT2D eigenvalue weighted by Gasteiger charge is 2.34. The minimum Gasteiger partial charge on any atom is -0.314 e. The van der Waals surface area contributed by atoms with E-state index in [4.69, 9.17) is 0 Å². The molecule has 1 unspecified atom stereocenters. The molecule has 1 aromatic carbocycles. The van der Waals surface area contributed by atoms with Gasteiger partial charge in [-0.3, -0.25) is 19.4 Å². The van der Waals surface area contributed by atoms with Crippen LogP contribution in [0.5, 0.6) is 0 Å². The van der Waals surface area contributed by atoms with Crippen molar-refractivity contribution in [3.05, 3.63) is 35.4 Å². The molecule has 112 valence electrons. The highest BCUT2D eigenvalue weighted by Crippen LogP contribution is 2.22. The lowest BCUT2D eigenvalue weighted by molar-refractivity contribution is 0.0642. The molecule has 1 fully saturated rings. The van der Waals surface area contributed by atoms with Crippen LogP contribution in [0, 0.1) is 0 Å². The molecule has 1 saturated heterocycles. The van der Waals surface area contributed by atoms with Crippen molar-refractivity contribution in [1.29, 1.82) is 0 Å². The molecule has 2 amide bonds. The van der Waals surface area contributed by atoms with E-state index >= 15 is 0 Å². The van der Waals surface area contributed by atoms with Crippen LogP contribution < -0.4 is 5.32 Å². The molecule has 0 saturated carbocycles. The molecular formula is C16H21N3O2. The number of fused-ring (bicyclic) bond motifs is 1. The van der Waals surface area contributed by atoms with Gasteiger partial charge in [0, 0.05) is 38.8 Å². The topological polar surface area (TPSA) is 52.6 Å². The average Bonchev–Trinajstić information content (AvgIpc) is 2.74. The molecule has 5 nitrogen and oxygen atoms in total. The van der Waals surface area contributed by atoms with Gasteiger partial charge in [0.25, 0.3) is 11.8 Å². The molecule has 0 aromatic heterocycles. The Labute approximate surface area is 124 Å². The van der Waals surface area contributed by atoms with E-state index in [1.165, 1.54) is 4.90 Å². The minimum absolute atomic E-state index is 0.149. The SMILES string of the molecule is CC1CNCCN1CCCN1C(=O)c2ccccc2C1=O. The molecule has 0 aliphatic carbocycles. The van der Waals surface area contributed by atoms with Crippen LogP contribution in [0.15, 0.2) is 24.3 Å². The monoisotopic (exact) mass is 287 g/mol. The minimum atomic E-state index is -0.149. The Morgan fingerprint density at radius 3 is 2.43 bits per heavy atom. The second-order valence-corrected chi connectivity index (χ2v) is 5.75. The van der Waals surface area contributed by atoms with Crippen molar-refractivity contribution in [3.63, 3.8) is 0 Å². The van der Waals surface area contributed by atoms with E-state index in [1.54, 1.807) is 24.3 Å². The molecule has 3 rings (SSSR count). The van der Waals surface area contributed by atoms with Gasteiger partial charge in [0.15, 0.2) is 0 Å². The summed E-state index contributed by atoms with van der Waals surface area (Å²) >= 11 is 0. The van der Waals surface area contributed by atoms with Crippen molar-refractivity contribution in [3.8, 4) is 0 Å². The highest BCUT2D eigenvalue weighted by molar-refractivity contribution is 6.21. The Morgan fingerprint density at radius 2 is 1.81 bits per heavy atom. The first kappa shape index (κ1) is 14.2. The van der Waals surface area contributed by atoms with Crippen molar-refractivity contribution >= 4 is 11.8 Å². The summed E-state index contributed by atoms with van der Waals surface area (Å²) in [6.07, 6.45) is 0.829. The van der Waals surface area contributed by atoms with E-state index in [1.807, 2.05) is 0 Å². The largest absolute Gasteiger partial charge is 0.314 e. The number of amides is 2. The van der Waals surface area contributed by atoms with Gasteiger partial charge in [-0.25, -0.2) is 0 Å². The highest BCUT2D eigenvalue weighted by atomic mass is 16.2. The first-order valence-electron chi connectivity index (χ1n) is 7.58. The summed E-state index contributed by atoms with van der Waals surface area (Å²) in [6.45, 7) is 6.68. The first-order chi connectivity index (χ1) is 10.2. The standard InChI is InChI=1S/C16H21N3O2/c1-12-11-17-7-10-18(12)8-4-9-19-15(20)13-5-2-3-6-14(13)16(19)21/h2-3,5-6,12,17H,4,7-11H2,1H3. The lowest BCUT2D eigenvalue weighted by Gasteiger charge is -2.34. The molecule has 2 heterocycles. The van der Waals surface area contributed by atoms with Gasteiger partial charge in [0.1, 0.15) is 0 Å². The predicted octanol–water partition coefficient (Wildman–Crippen LogP) is 0.966. The van der Waals surface area contributed by atoms with E-state index in [0.717, 1.165) is 32.6 Å². The van der Waals surface area contributed by atoms with E-state index in [-0.39, 0.29) is 11.8 Å². The maximum absolute atomic E-state index is 12.2. The third-order valence-electron chi connectivity index (χ3n) is 4.34. The van der Waals surface area contributed by atoms with Gasteiger partial charge in [-0.1, -0.05) is 12.1 Å². The third-order valence-corrected chi connectivity index (χ3v) is 4.34. The fourth-order valence-corrected chi connectivity index (χ4v) is 3.09. The maximum Gasteiger partial charge on any atom is 0.261 e. The molecule has 1 atom stereocenters. The van der Waals surface area contributed by atoms with Crippen LogP contribution in [0.25, 0.3) is 0 Å². The van der Waals surface area contributed by atoms with Crippen LogP contribution in [0.1, 0.15) is 34.1 Å². The van der Waals surface area contributed by atoms with Gasteiger partial charge in [-0.15, -0.1) is 0 Å². The Hall–Kier alpha value is -1.72. The number of hydrogen-bond acceptors (Lipinski definition) is 4. The average molecular weight is 287 g/mol. The maximum atomic E-state index is 12.2. The second kappa shape index (κ2) is 5.95. The van der Waals surface area contributed by atoms with Crippen LogP contribution >= 0.6 is 0 Å². The van der Waals surface area contributed by atoms with Gasteiger partial charge in [0.2, 0.25) is 0 Å². The molecule has 21 heavy (non-hydrogen) atoms. The van der Waals surface area contributed by atoms with Crippen molar-refractivity contribution < 1.29 is 9.59 Å². The number of benzene rings is 1. The normalized spacial score (nSPS) is 22.7. The number of hydrogen-bond donors (Lipinski definition) is 1. The Balaban J connectivity index is 1.57. The summed E-state index contributed by atoms with van der Waals surface area (Å²) in [5.74, 6) is -0.298. The second-order valence-electron chi connectivity index (χ2n) is 5.75. The van der Waals surface area contributed by atoms with Gasteiger partial charge < -0.3 is 5.32 Å². The molecule has 0 spiro atoms. The van der Waals surface area contributed by atoms with Gasteiger partial charge in [-0.05, 0) is 25.5 Å². The van der Waals surface area contributed by atoms with Crippen LogP contribution in [0.2, 0.25) is 0 Å². The van der Waals surface area contributed by atoms with Crippen molar-refractivity contribution in [1.82, 2.24) is 15.1 Å². The Morgan fingerprint density at radius 1 is 1.14 bits per heavy atom. The lowest BCUT2D eigenvalue weighted by Crippen LogP contribution is -2.50. The number of carbonyl (C=O) groups excluding carboxylic acids is 2. The third kappa shape index (κ3) is 2.71. The number of rotatable bonds is 4. The fourth-order valence-electron chi connectivity index (χ4n) is 3.09. The Kier molecular flexibility index (Phi) is 4.03. The molecule has 0 radical (unpaired) electrons. The summed E-state index contributed by atoms with van der Waals surface area (Å²) in [7, 11) is 0. The lowest BCUT2D eigenvalue weighted by atomic mass is 10.1. The zero-order valence-corrected chi connectivity index (χ0v) is 12.3. The summed E-state index contributed by atoms with van der Waals surface area (Å²) in [4.78, 5) is 28.3. The van der Waals surface area contributed by atoms with E-state index < -0.39 is 0 Å². The van der Waals surface area contributed by atoms with Crippen molar-refractivity contribution in [2.75, 3.05) is 32.7 Å². The molecule has 1 aromatic rings. The van der Waals surface area contributed by atoms with Crippen LogP contribution in [0.4, 0.5) is 0 Å². The van der Waals surface area contributed by atoms with Gasteiger partial charge >= 0.3 is 0 Å². The Bertz CT molecular complexity index is 523. The summed E-state index contributed by atoms with van der Waals surface area (Å²) in [6, 6.07) is 7.58. The summed E-state index contributed by atoms with van der Waals surface area (Å²) in [5.41, 5.74) is 1.08. The molecule has 5 heteroatoms. The molecule has 2 aliphatic rings. The molecular weight excluding hydrogens is 266 g/mol. The van der Waals surface area contributed by atoms with Crippen LogP contribution in [-0.4, -0.2) is 60.4 Å². The van der Waals surface area contributed by atoms with E-state index in [0.29, 0.717) is 23.7 Å². The first-order valence-corrected chi connectivity index (χ1v) is 7.58. The fraction of sp³-hybridized carbons (Fsp3) is 0.500. The summed E-state index contributed by atoms with van der Waals surface area (Å²) in [5, 5.41) is 3.36. The zero-order valence-electron chi connectivity index (χ0n) is 12.3. The smallest absolute Gasteiger partial charge is 0.261 e. The molecule has 0 bridgehead atoms. The van der Waals surface area contributed by atoms with Crippen molar-refractivity contribution in [2.45, 2.75) is 19.4 Å². The predicted molar refractivity (Wildman–Crippen MR) is 80.3 cm³/mol. The van der Waals surface area contributed by atoms with Gasteiger partial charge in [0.05, 0.1) is 11.1 Å². The van der Waals surface area contributed by atoms with Crippen LogP contribution in [0.3, 0.4) is 0 Å². The number of imide groups is 1. The number of piperazine rings is 1. The number of nitrogens with zero attached hydrogens (tertiary/aromatic N) is 2. The number of carbonyl (C=O) groups is 2. The van der Waals surface area contributed by atoms with Gasteiger partial charge in [-0.2, -0.15) is 0 Å². The molecule has 2 aliphatic heterocycles.